The first kappa shape index (κ1) is 13.1. The van der Waals surface area contributed by atoms with Gasteiger partial charge >= 0.3 is 0 Å². The summed E-state index contributed by atoms with van der Waals surface area (Å²) in [5.41, 5.74) is 2.93. The zero-order chi connectivity index (χ0) is 13.1. The van der Waals surface area contributed by atoms with E-state index in [4.69, 9.17) is 4.74 Å². The molecular weight excluding hydrogens is 226 g/mol. The molecular formula is C15H21NO2. The number of anilines is 1. The van der Waals surface area contributed by atoms with Crippen LogP contribution in [0.2, 0.25) is 0 Å². The van der Waals surface area contributed by atoms with Crippen LogP contribution in [0.3, 0.4) is 0 Å². The van der Waals surface area contributed by atoms with Crippen molar-refractivity contribution in [3.05, 3.63) is 29.3 Å². The molecule has 1 aliphatic heterocycles. The highest BCUT2D eigenvalue weighted by atomic mass is 16.5. The second-order valence-electron chi connectivity index (χ2n) is 5.17. The van der Waals surface area contributed by atoms with Crippen LogP contribution in [0.5, 0.6) is 0 Å². The van der Waals surface area contributed by atoms with Gasteiger partial charge in [0.05, 0.1) is 6.10 Å². The average molecular weight is 247 g/mol. The molecule has 98 valence electrons. The molecule has 0 amide bonds. The maximum Gasteiger partial charge on any atom is 0.152 e. The molecule has 0 saturated carbocycles. The molecule has 2 rings (SSSR count). The Labute approximate surface area is 109 Å². The topological polar surface area (TPSA) is 29.5 Å². The zero-order valence-electron chi connectivity index (χ0n) is 11.3. The number of hydrogen-bond acceptors (Lipinski definition) is 3. The van der Waals surface area contributed by atoms with Crippen LogP contribution in [0.25, 0.3) is 0 Å². The lowest BCUT2D eigenvalue weighted by Crippen LogP contribution is -2.44. The first-order valence-corrected chi connectivity index (χ1v) is 6.49. The summed E-state index contributed by atoms with van der Waals surface area (Å²) in [7, 11) is 1.76. The van der Waals surface area contributed by atoms with E-state index in [1.165, 1.54) is 0 Å². The fraction of sp³-hybridized carbons (Fsp3) is 0.533. The van der Waals surface area contributed by atoms with Gasteiger partial charge in [0.1, 0.15) is 0 Å². The molecule has 1 aliphatic rings. The molecule has 1 heterocycles. The first-order valence-electron chi connectivity index (χ1n) is 6.49. The molecule has 0 aromatic heterocycles. The van der Waals surface area contributed by atoms with Gasteiger partial charge in [-0.15, -0.1) is 0 Å². The number of methoxy groups -OCH3 is 1. The lowest BCUT2D eigenvalue weighted by atomic mass is 9.94. The minimum atomic E-state index is 0.250. The van der Waals surface area contributed by atoms with Crippen molar-refractivity contribution in [3.63, 3.8) is 0 Å². The first-order chi connectivity index (χ1) is 8.65. The van der Waals surface area contributed by atoms with Gasteiger partial charge < -0.3 is 9.64 Å². The smallest absolute Gasteiger partial charge is 0.152 e. The average Bonchev–Trinajstić information content (AvgIpc) is 2.39. The summed E-state index contributed by atoms with van der Waals surface area (Å²) in [6.07, 6.45) is 2.30. The van der Waals surface area contributed by atoms with Gasteiger partial charge in [-0.25, -0.2) is 0 Å². The standard InChI is InChI=1S/C15H21NO2/c1-11-4-5-14(13(8-11)10-17)16-7-6-12(2)15(9-16)18-3/h4-5,8,10,12,15H,6-7,9H2,1-3H3. The number of piperidine rings is 1. The van der Waals surface area contributed by atoms with Gasteiger partial charge in [-0.2, -0.15) is 0 Å². The van der Waals surface area contributed by atoms with Crippen molar-refractivity contribution in [2.24, 2.45) is 5.92 Å². The summed E-state index contributed by atoms with van der Waals surface area (Å²) in [6.45, 7) is 6.08. The third-order valence-corrected chi connectivity index (χ3v) is 3.84. The van der Waals surface area contributed by atoms with Gasteiger partial charge in [0.25, 0.3) is 0 Å². The van der Waals surface area contributed by atoms with Crippen LogP contribution in [-0.4, -0.2) is 32.6 Å². The maximum atomic E-state index is 11.2. The number of rotatable bonds is 3. The van der Waals surface area contributed by atoms with Crippen LogP contribution in [0.4, 0.5) is 5.69 Å². The Kier molecular flexibility index (Phi) is 4.02. The Balaban J connectivity index is 2.24. The molecule has 1 fully saturated rings. The van der Waals surface area contributed by atoms with Gasteiger partial charge in [-0.05, 0) is 31.4 Å². The SMILES string of the molecule is COC1CN(c2ccc(C)cc2C=O)CCC1C. The minimum Gasteiger partial charge on any atom is -0.379 e. The maximum absolute atomic E-state index is 11.2. The Bertz CT molecular complexity index is 431. The number of benzene rings is 1. The number of hydrogen-bond donors (Lipinski definition) is 0. The van der Waals surface area contributed by atoms with Crippen LogP contribution >= 0.6 is 0 Å². The van der Waals surface area contributed by atoms with E-state index < -0.39 is 0 Å². The van der Waals surface area contributed by atoms with Crippen molar-refractivity contribution in [3.8, 4) is 0 Å². The van der Waals surface area contributed by atoms with Gasteiger partial charge in [-0.3, -0.25) is 4.79 Å². The van der Waals surface area contributed by atoms with Crippen LogP contribution in [0, 0.1) is 12.8 Å². The van der Waals surface area contributed by atoms with Crippen LogP contribution in [-0.2, 0) is 4.74 Å². The Hall–Kier alpha value is -1.35. The fourth-order valence-electron chi connectivity index (χ4n) is 2.62. The minimum absolute atomic E-state index is 0.250. The third kappa shape index (κ3) is 2.56. The molecule has 0 aliphatic carbocycles. The molecule has 3 nitrogen and oxygen atoms in total. The van der Waals surface area contributed by atoms with E-state index in [1.807, 2.05) is 19.1 Å². The largest absolute Gasteiger partial charge is 0.379 e. The van der Waals surface area contributed by atoms with Gasteiger partial charge in [0.15, 0.2) is 6.29 Å². The number of carbonyl (C=O) groups is 1. The summed E-state index contributed by atoms with van der Waals surface area (Å²) >= 11 is 0. The number of aryl methyl sites for hydroxylation is 1. The molecule has 2 unspecified atom stereocenters. The number of ether oxygens (including phenoxy) is 1. The van der Waals surface area contributed by atoms with E-state index in [2.05, 4.69) is 17.9 Å². The third-order valence-electron chi connectivity index (χ3n) is 3.84. The highest BCUT2D eigenvalue weighted by molar-refractivity contribution is 5.85. The molecule has 1 aromatic carbocycles. The van der Waals surface area contributed by atoms with Crippen molar-refractivity contribution in [1.82, 2.24) is 0 Å². The van der Waals surface area contributed by atoms with Crippen LogP contribution in [0.15, 0.2) is 18.2 Å². The number of carbonyl (C=O) groups excluding carboxylic acids is 1. The summed E-state index contributed by atoms with van der Waals surface area (Å²) in [5.74, 6) is 0.580. The summed E-state index contributed by atoms with van der Waals surface area (Å²) < 4.78 is 5.52. The van der Waals surface area contributed by atoms with Gasteiger partial charge in [0, 0.05) is 31.5 Å². The predicted molar refractivity (Wildman–Crippen MR) is 73.4 cm³/mol. The second kappa shape index (κ2) is 5.53. The van der Waals surface area contributed by atoms with E-state index in [-0.39, 0.29) is 6.10 Å². The van der Waals surface area contributed by atoms with E-state index >= 15 is 0 Å². The van der Waals surface area contributed by atoms with Gasteiger partial charge in [0.2, 0.25) is 0 Å². The molecule has 3 heteroatoms. The van der Waals surface area contributed by atoms with Crippen molar-refractivity contribution >= 4 is 12.0 Å². The summed E-state index contributed by atoms with van der Waals surface area (Å²) in [4.78, 5) is 13.4. The highest BCUT2D eigenvalue weighted by Crippen LogP contribution is 2.27. The monoisotopic (exact) mass is 247 g/mol. The molecule has 1 aromatic rings. The molecule has 0 radical (unpaired) electrons. The highest BCUT2D eigenvalue weighted by Gasteiger charge is 2.27. The molecule has 2 atom stereocenters. The van der Waals surface area contributed by atoms with Gasteiger partial charge in [-0.1, -0.05) is 18.6 Å². The van der Waals surface area contributed by atoms with Crippen molar-refractivity contribution in [2.75, 3.05) is 25.1 Å². The fourth-order valence-corrected chi connectivity index (χ4v) is 2.62. The van der Waals surface area contributed by atoms with E-state index in [0.717, 1.165) is 42.6 Å². The summed E-state index contributed by atoms with van der Waals surface area (Å²) in [6, 6.07) is 6.05. The Morgan fingerprint density at radius 1 is 1.44 bits per heavy atom. The molecule has 0 spiro atoms. The molecule has 0 N–H and O–H groups in total. The van der Waals surface area contributed by atoms with Crippen molar-refractivity contribution in [1.29, 1.82) is 0 Å². The van der Waals surface area contributed by atoms with Crippen LogP contribution < -0.4 is 4.90 Å². The van der Waals surface area contributed by atoms with Crippen LogP contribution in [0.1, 0.15) is 29.3 Å². The lowest BCUT2D eigenvalue weighted by molar-refractivity contribution is 0.0498. The lowest BCUT2D eigenvalue weighted by Gasteiger charge is -2.38. The number of nitrogens with zero attached hydrogens (tertiary/aromatic N) is 1. The van der Waals surface area contributed by atoms with Crippen molar-refractivity contribution in [2.45, 2.75) is 26.4 Å². The Morgan fingerprint density at radius 2 is 2.22 bits per heavy atom. The summed E-state index contributed by atoms with van der Waals surface area (Å²) in [5, 5.41) is 0. The van der Waals surface area contributed by atoms with Crippen molar-refractivity contribution < 1.29 is 9.53 Å². The zero-order valence-corrected chi connectivity index (χ0v) is 11.3. The molecule has 0 bridgehead atoms. The molecule has 18 heavy (non-hydrogen) atoms. The molecule has 1 saturated heterocycles. The van der Waals surface area contributed by atoms with E-state index in [1.54, 1.807) is 7.11 Å². The number of aldehydes is 1. The van der Waals surface area contributed by atoms with E-state index in [9.17, 15) is 4.79 Å². The quantitative estimate of drug-likeness (QED) is 0.769. The normalized spacial score (nSPS) is 24.1. The Morgan fingerprint density at radius 3 is 2.89 bits per heavy atom. The predicted octanol–water partition coefficient (Wildman–Crippen LogP) is 2.67. The second-order valence-corrected chi connectivity index (χ2v) is 5.17. The van der Waals surface area contributed by atoms with E-state index in [0.29, 0.717) is 5.92 Å².